The van der Waals surface area contributed by atoms with Gasteiger partial charge in [-0.3, -0.25) is 10.4 Å². The lowest BCUT2D eigenvalue weighted by molar-refractivity contribution is 0.0133. The number of aliphatic hydroxyl groups is 1. The first-order chi connectivity index (χ1) is 12.7. The Bertz CT molecular complexity index is 653. The number of hydrogen-bond donors (Lipinski definition) is 3. The van der Waals surface area contributed by atoms with Crippen molar-refractivity contribution in [1.29, 1.82) is 0 Å². The number of aromatic nitrogens is 1. The van der Waals surface area contributed by atoms with E-state index in [2.05, 4.69) is 15.8 Å². The highest BCUT2D eigenvalue weighted by atomic mass is 16.6. The molecular formula is C18H28N4O5. The van der Waals surface area contributed by atoms with Gasteiger partial charge in [-0.25, -0.2) is 15.0 Å². The van der Waals surface area contributed by atoms with Crippen LogP contribution in [0.5, 0.6) is 5.75 Å². The van der Waals surface area contributed by atoms with E-state index in [1.807, 2.05) is 0 Å². The van der Waals surface area contributed by atoms with Crippen LogP contribution in [0.1, 0.15) is 39.3 Å². The van der Waals surface area contributed by atoms with Crippen molar-refractivity contribution in [3.8, 4) is 5.75 Å². The Balaban J connectivity index is 1.75. The summed E-state index contributed by atoms with van der Waals surface area (Å²) >= 11 is 0. The number of hydrogen-bond acceptors (Lipinski definition) is 7. The molecule has 9 heteroatoms. The smallest absolute Gasteiger partial charge is 0.422 e. The first-order valence-electron chi connectivity index (χ1n) is 8.96. The number of carbonyl (C=O) groups is 2. The molecule has 1 aromatic rings. The fourth-order valence-corrected chi connectivity index (χ4v) is 2.69. The second-order valence-corrected chi connectivity index (χ2v) is 7.50. The number of piperidine rings is 1. The highest BCUT2D eigenvalue weighted by molar-refractivity contribution is 5.71. The molecule has 0 saturated carbocycles. The number of likely N-dealkylation sites (tertiary alicyclic amines) is 1. The number of aliphatic hydroxyl groups excluding tert-OH is 1. The lowest BCUT2D eigenvalue weighted by atomic mass is 9.95. The third kappa shape index (κ3) is 6.69. The highest BCUT2D eigenvalue weighted by Gasteiger charge is 2.29. The van der Waals surface area contributed by atoms with Gasteiger partial charge in [0.15, 0.2) is 5.75 Å². The molecular weight excluding hydrogens is 352 g/mol. The predicted octanol–water partition coefficient (Wildman–Crippen LogP) is 1.95. The van der Waals surface area contributed by atoms with Crippen LogP contribution in [0.2, 0.25) is 0 Å². The van der Waals surface area contributed by atoms with Crippen molar-refractivity contribution in [3.63, 3.8) is 0 Å². The van der Waals surface area contributed by atoms with Crippen LogP contribution in [0.3, 0.4) is 0 Å². The van der Waals surface area contributed by atoms with Crippen molar-refractivity contribution in [2.24, 2.45) is 5.92 Å². The molecule has 1 aliphatic heterocycles. The van der Waals surface area contributed by atoms with Gasteiger partial charge in [0.1, 0.15) is 11.8 Å². The zero-order chi connectivity index (χ0) is 20.0. The SMILES string of the molecule is Cc1ncccc1OC(=O)N1CCC(C(O)NNC(=O)OC(C)(C)C)CC1. The molecule has 0 aromatic carbocycles. The summed E-state index contributed by atoms with van der Waals surface area (Å²) in [4.78, 5) is 29.6. The first kappa shape index (κ1) is 20.9. The molecule has 1 aromatic heterocycles. The molecule has 9 nitrogen and oxygen atoms in total. The standard InChI is InChI=1S/C18H28N4O5/c1-12-14(6-5-9-19-12)26-17(25)22-10-7-13(8-11-22)15(23)20-21-16(24)27-18(2,3)4/h5-6,9,13,15,20,23H,7-8,10-11H2,1-4H3,(H,21,24). The zero-order valence-corrected chi connectivity index (χ0v) is 16.2. The number of hydrazine groups is 1. The molecule has 1 saturated heterocycles. The highest BCUT2D eigenvalue weighted by Crippen LogP contribution is 2.21. The van der Waals surface area contributed by atoms with Gasteiger partial charge in [-0.05, 0) is 52.7 Å². The third-order valence-corrected chi connectivity index (χ3v) is 4.12. The van der Waals surface area contributed by atoms with E-state index in [4.69, 9.17) is 9.47 Å². The number of ether oxygens (including phenoxy) is 2. The van der Waals surface area contributed by atoms with Gasteiger partial charge in [-0.2, -0.15) is 0 Å². The molecule has 150 valence electrons. The second-order valence-electron chi connectivity index (χ2n) is 7.50. The van der Waals surface area contributed by atoms with E-state index in [1.54, 1.807) is 50.9 Å². The zero-order valence-electron chi connectivity index (χ0n) is 16.2. The van der Waals surface area contributed by atoms with Crippen LogP contribution >= 0.6 is 0 Å². The van der Waals surface area contributed by atoms with E-state index in [0.717, 1.165) is 0 Å². The Hall–Kier alpha value is -2.39. The van der Waals surface area contributed by atoms with E-state index in [-0.39, 0.29) is 5.92 Å². The third-order valence-electron chi connectivity index (χ3n) is 4.12. The maximum Gasteiger partial charge on any atom is 0.422 e. The molecule has 0 bridgehead atoms. The second kappa shape index (κ2) is 9.01. The number of nitrogens with one attached hydrogen (secondary N) is 2. The van der Waals surface area contributed by atoms with Gasteiger partial charge in [0.25, 0.3) is 0 Å². The molecule has 1 aliphatic rings. The number of carbonyl (C=O) groups excluding carboxylic acids is 2. The Labute approximate surface area is 159 Å². The van der Waals surface area contributed by atoms with Gasteiger partial charge < -0.3 is 19.5 Å². The number of pyridine rings is 1. The average Bonchev–Trinajstić information content (AvgIpc) is 2.60. The fourth-order valence-electron chi connectivity index (χ4n) is 2.69. The summed E-state index contributed by atoms with van der Waals surface area (Å²) in [5, 5.41) is 10.2. The summed E-state index contributed by atoms with van der Waals surface area (Å²) < 4.78 is 10.5. The quantitative estimate of drug-likeness (QED) is 0.540. The normalized spacial score (nSPS) is 16.6. The van der Waals surface area contributed by atoms with Crippen molar-refractivity contribution < 1.29 is 24.2 Å². The van der Waals surface area contributed by atoms with E-state index >= 15 is 0 Å². The summed E-state index contributed by atoms with van der Waals surface area (Å²) in [5.74, 6) is 0.331. The monoisotopic (exact) mass is 380 g/mol. The molecule has 27 heavy (non-hydrogen) atoms. The number of amides is 2. The van der Waals surface area contributed by atoms with Crippen LogP contribution < -0.4 is 15.6 Å². The minimum Gasteiger partial charge on any atom is -0.443 e. The van der Waals surface area contributed by atoms with Crippen LogP contribution in [-0.2, 0) is 4.74 Å². The topological polar surface area (TPSA) is 113 Å². The molecule has 2 amide bonds. The summed E-state index contributed by atoms with van der Waals surface area (Å²) in [5.41, 5.74) is 4.92. The minimum atomic E-state index is -0.934. The summed E-state index contributed by atoms with van der Waals surface area (Å²) in [6.07, 6.45) is 0.763. The lowest BCUT2D eigenvalue weighted by Gasteiger charge is -2.33. The van der Waals surface area contributed by atoms with Crippen LogP contribution in [0.4, 0.5) is 9.59 Å². The van der Waals surface area contributed by atoms with E-state index in [9.17, 15) is 14.7 Å². The van der Waals surface area contributed by atoms with Crippen molar-refractivity contribution in [1.82, 2.24) is 20.7 Å². The van der Waals surface area contributed by atoms with Crippen LogP contribution in [0.15, 0.2) is 18.3 Å². The Morgan fingerprint density at radius 3 is 2.59 bits per heavy atom. The summed E-state index contributed by atoms with van der Waals surface area (Å²) in [7, 11) is 0. The van der Waals surface area contributed by atoms with Gasteiger partial charge >= 0.3 is 12.2 Å². The molecule has 3 N–H and O–H groups in total. The summed E-state index contributed by atoms with van der Waals surface area (Å²) in [6.45, 7) is 7.94. The van der Waals surface area contributed by atoms with Crippen LogP contribution in [-0.4, -0.2) is 52.1 Å². The predicted molar refractivity (Wildman–Crippen MR) is 97.8 cm³/mol. The Morgan fingerprint density at radius 1 is 1.33 bits per heavy atom. The molecule has 1 fully saturated rings. The van der Waals surface area contributed by atoms with Gasteiger partial charge in [0.2, 0.25) is 0 Å². The molecule has 0 radical (unpaired) electrons. The molecule has 1 unspecified atom stereocenters. The maximum absolute atomic E-state index is 12.3. The van der Waals surface area contributed by atoms with Crippen molar-refractivity contribution in [2.45, 2.75) is 52.4 Å². The fraction of sp³-hybridized carbons (Fsp3) is 0.611. The van der Waals surface area contributed by atoms with E-state index in [1.165, 1.54) is 0 Å². The van der Waals surface area contributed by atoms with Gasteiger partial charge in [-0.1, -0.05) is 0 Å². The van der Waals surface area contributed by atoms with Crippen molar-refractivity contribution >= 4 is 12.2 Å². The number of rotatable bonds is 4. The number of aryl methyl sites for hydroxylation is 1. The molecule has 0 aliphatic carbocycles. The van der Waals surface area contributed by atoms with E-state index < -0.39 is 24.0 Å². The van der Waals surface area contributed by atoms with Gasteiger partial charge in [0.05, 0.1) is 5.69 Å². The first-order valence-corrected chi connectivity index (χ1v) is 8.96. The van der Waals surface area contributed by atoms with E-state index in [0.29, 0.717) is 37.4 Å². The molecule has 2 heterocycles. The minimum absolute atomic E-state index is 0.107. The van der Waals surface area contributed by atoms with Crippen molar-refractivity contribution in [2.75, 3.05) is 13.1 Å². The Morgan fingerprint density at radius 2 is 2.00 bits per heavy atom. The molecule has 1 atom stereocenters. The molecule has 0 spiro atoms. The Kier molecular flexibility index (Phi) is 6.98. The maximum atomic E-state index is 12.3. The molecule has 2 rings (SSSR count). The summed E-state index contributed by atoms with van der Waals surface area (Å²) in [6, 6.07) is 3.41. The number of nitrogens with zero attached hydrogens (tertiary/aromatic N) is 2. The van der Waals surface area contributed by atoms with Gasteiger partial charge in [-0.15, -0.1) is 0 Å². The van der Waals surface area contributed by atoms with Crippen LogP contribution in [0, 0.1) is 12.8 Å². The van der Waals surface area contributed by atoms with Crippen LogP contribution in [0.25, 0.3) is 0 Å². The van der Waals surface area contributed by atoms with Gasteiger partial charge in [0, 0.05) is 25.2 Å². The lowest BCUT2D eigenvalue weighted by Crippen LogP contribution is -2.52. The average molecular weight is 380 g/mol. The van der Waals surface area contributed by atoms with Crippen molar-refractivity contribution in [3.05, 3.63) is 24.0 Å². The largest absolute Gasteiger partial charge is 0.443 e.